The van der Waals surface area contributed by atoms with Crippen molar-refractivity contribution >= 4 is 34.6 Å². The monoisotopic (exact) mass is 288 g/mol. The van der Waals surface area contributed by atoms with Crippen LogP contribution < -0.4 is 15.0 Å². The zero-order chi connectivity index (χ0) is 14.1. The number of hydrogen-bond donors (Lipinski definition) is 1. The Morgan fingerprint density at radius 3 is 2.85 bits per heavy atom. The van der Waals surface area contributed by atoms with Crippen molar-refractivity contribution < 1.29 is 9.53 Å². The normalized spacial score (nSPS) is 13.7. The van der Waals surface area contributed by atoms with Crippen LogP contribution in [0.25, 0.3) is 0 Å². The molecule has 4 nitrogen and oxygen atoms in total. The molecule has 1 aliphatic heterocycles. The van der Waals surface area contributed by atoms with Gasteiger partial charge in [-0.15, -0.1) is 0 Å². The van der Waals surface area contributed by atoms with Crippen LogP contribution in [0.4, 0.5) is 17.1 Å². The summed E-state index contributed by atoms with van der Waals surface area (Å²) in [6, 6.07) is 13.0. The summed E-state index contributed by atoms with van der Waals surface area (Å²) in [7, 11) is 1.62. The Morgan fingerprint density at radius 2 is 2.10 bits per heavy atom. The number of ether oxygens (including phenoxy) is 1. The Hall–Kier alpha value is -2.20. The molecule has 102 valence electrons. The molecule has 0 spiro atoms. The minimum Gasteiger partial charge on any atom is -0.497 e. The van der Waals surface area contributed by atoms with Crippen molar-refractivity contribution in [2.24, 2.45) is 0 Å². The topological polar surface area (TPSA) is 41.6 Å². The lowest BCUT2D eigenvalue weighted by Crippen LogP contribution is -2.35. The number of nitrogens with one attached hydrogen (secondary N) is 1. The van der Waals surface area contributed by atoms with Gasteiger partial charge in [-0.05, 0) is 30.3 Å². The lowest BCUT2D eigenvalue weighted by molar-refractivity contribution is -0.115. The second-order valence-corrected chi connectivity index (χ2v) is 4.93. The molecule has 1 aliphatic rings. The number of fused-ring (bicyclic) bond motifs is 1. The van der Waals surface area contributed by atoms with Gasteiger partial charge >= 0.3 is 0 Å². The third-order valence-electron chi connectivity index (χ3n) is 3.19. The Kier molecular flexibility index (Phi) is 3.24. The predicted molar refractivity (Wildman–Crippen MR) is 80.1 cm³/mol. The molecule has 0 radical (unpaired) electrons. The molecule has 0 fully saturated rings. The highest BCUT2D eigenvalue weighted by Gasteiger charge is 2.23. The molecule has 1 N–H and O–H groups in total. The lowest BCUT2D eigenvalue weighted by Gasteiger charge is -2.31. The zero-order valence-corrected chi connectivity index (χ0v) is 11.6. The van der Waals surface area contributed by atoms with E-state index in [9.17, 15) is 4.79 Å². The number of hydrogen-bond acceptors (Lipinski definition) is 3. The molecule has 0 bridgehead atoms. The molecule has 1 heterocycles. The van der Waals surface area contributed by atoms with Gasteiger partial charge in [0.15, 0.2) is 0 Å². The molecule has 2 aromatic carbocycles. The first-order valence-electron chi connectivity index (χ1n) is 6.18. The fourth-order valence-corrected chi connectivity index (χ4v) is 2.44. The van der Waals surface area contributed by atoms with Crippen molar-refractivity contribution in [3.63, 3.8) is 0 Å². The Balaban J connectivity index is 2.11. The number of halogens is 1. The number of benzene rings is 2. The van der Waals surface area contributed by atoms with Crippen LogP contribution in [0.3, 0.4) is 0 Å². The standard InChI is InChI=1S/C15H13ClN2O2/c1-20-12-5-6-13-14(8-12)18(9-15(19)17-13)11-4-2-3-10(16)7-11/h2-8H,9H2,1H3,(H,17,19). The Labute approximate surface area is 121 Å². The molecular formula is C15H13ClN2O2. The van der Waals surface area contributed by atoms with Gasteiger partial charge in [-0.2, -0.15) is 0 Å². The minimum absolute atomic E-state index is 0.0531. The number of anilines is 3. The molecule has 0 saturated heterocycles. The van der Waals surface area contributed by atoms with Gasteiger partial charge in [0.1, 0.15) is 12.3 Å². The molecule has 2 aromatic rings. The van der Waals surface area contributed by atoms with Crippen molar-refractivity contribution in [3.05, 3.63) is 47.5 Å². The summed E-state index contributed by atoms with van der Waals surface area (Å²) in [5.41, 5.74) is 2.54. The first kappa shape index (κ1) is 12.8. The molecule has 0 saturated carbocycles. The average Bonchev–Trinajstić information content (AvgIpc) is 2.46. The average molecular weight is 289 g/mol. The van der Waals surface area contributed by atoms with Crippen LogP contribution >= 0.6 is 11.6 Å². The van der Waals surface area contributed by atoms with Gasteiger partial charge in [-0.1, -0.05) is 17.7 Å². The van der Waals surface area contributed by atoms with Crippen LogP contribution in [0.5, 0.6) is 5.75 Å². The highest BCUT2D eigenvalue weighted by Crippen LogP contribution is 2.38. The van der Waals surface area contributed by atoms with Gasteiger partial charge in [-0.25, -0.2) is 0 Å². The SMILES string of the molecule is COc1ccc2c(c1)N(c1cccc(Cl)c1)CC(=O)N2. The van der Waals surface area contributed by atoms with E-state index in [-0.39, 0.29) is 12.5 Å². The highest BCUT2D eigenvalue weighted by atomic mass is 35.5. The van der Waals surface area contributed by atoms with Gasteiger partial charge < -0.3 is 15.0 Å². The summed E-state index contributed by atoms with van der Waals surface area (Å²) in [5, 5.41) is 3.49. The fourth-order valence-electron chi connectivity index (χ4n) is 2.26. The van der Waals surface area contributed by atoms with Gasteiger partial charge in [0, 0.05) is 16.8 Å². The second kappa shape index (κ2) is 5.06. The largest absolute Gasteiger partial charge is 0.497 e. The van der Waals surface area contributed by atoms with E-state index in [1.54, 1.807) is 7.11 Å². The first-order chi connectivity index (χ1) is 9.67. The van der Waals surface area contributed by atoms with E-state index in [4.69, 9.17) is 16.3 Å². The molecule has 0 aromatic heterocycles. The van der Waals surface area contributed by atoms with Crippen LogP contribution in [0.1, 0.15) is 0 Å². The molecule has 0 unspecified atom stereocenters. The Morgan fingerprint density at radius 1 is 1.25 bits per heavy atom. The van der Waals surface area contributed by atoms with Gasteiger partial charge in [-0.3, -0.25) is 4.79 Å². The number of nitrogens with zero attached hydrogens (tertiary/aromatic N) is 1. The van der Waals surface area contributed by atoms with E-state index in [0.29, 0.717) is 5.02 Å². The van der Waals surface area contributed by atoms with Crippen LogP contribution in [0.15, 0.2) is 42.5 Å². The van der Waals surface area contributed by atoms with E-state index in [0.717, 1.165) is 22.8 Å². The van der Waals surface area contributed by atoms with E-state index in [1.165, 1.54) is 0 Å². The predicted octanol–water partition coefficient (Wildman–Crippen LogP) is 3.44. The molecule has 0 atom stereocenters. The number of rotatable bonds is 2. The maximum Gasteiger partial charge on any atom is 0.244 e. The van der Waals surface area contributed by atoms with Gasteiger partial charge in [0.05, 0.1) is 18.5 Å². The number of methoxy groups -OCH3 is 1. The summed E-state index contributed by atoms with van der Waals surface area (Å²) in [6.07, 6.45) is 0. The van der Waals surface area contributed by atoms with E-state index >= 15 is 0 Å². The van der Waals surface area contributed by atoms with Crippen LogP contribution in [0, 0.1) is 0 Å². The van der Waals surface area contributed by atoms with Crippen LogP contribution in [-0.4, -0.2) is 19.6 Å². The summed E-state index contributed by atoms with van der Waals surface area (Å²) in [6.45, 7) is 0.251. The van der Waals surface area contributed by atoms with Crippen molar-refractivity contribution in [1.82, 2.24) is 0 Å². The van der Waals surface area contributed by atoms with Gasteiger partial charge in [0.25, 0.3) is 0 Å². The second-order valence-electron chi connectivity index (χ2n) is 4.50. The molecular weight excluding hydrogens is 276 g/mol. The maximum absolute atomic E-state index is 11.8. The molecule has 3 rings (SSSR count). The van der Waals surface area contributed by atoms with E-state index in [2.05, 4.69) is 5.32 Å². The third-order valence-corrected chi connectivity index (χ3v) is 3.43. The van der Waals surface area contributed by atoms with Crippen LogP contribution in [0.2, 0.25) is 5.02 Å². The van der Waals surface area contributed by atoms with Crippen LogP contribution in [-0.2, 0) is 4.79 Å². The quantitative estimate of drug-likeness (QED) is 0.920. The lowest BCUT2D eigenvalue weighted by atomic mass is 10.1. The molecule has 5 heteroatoms. The van der Waals surface area contributed by atoms with E-state index < -0.39 is 0 Å². The summed E-state index contributed by atoms with van der Waals surface area (Å²) in [4.78, 5) is 13.8. The maximum atomic E-state index is 11.8. The zero-order valence-electron chi connectivity index (χ0n) is 10.9. The molecule has 1 amide bonds. The molecule has 0 aliphatic carbocycles. The summed E-state index contributed by atoms with van der Waals surface area (Å²) < 4.78 is 5.25. The Bertz CT molecular complexity index is 673. The summed E-state index contributed by atoms with van der Waals surface area (Å²) >= 11 is 6.03. The highest BCUT2D eigenvalue weighted by molar-refractivity contribution is 6.30. The van der Waals surface area contributed by atoms with Gasteiger partial charge in [0.2, 0.25) is 5.91 Å². The third kappa shape index (κ3) is 2.30. The van der Waals surface area contributed by atoms with E-state index in [1.807, 2.05) is 47.4 Å². The smallest absolute Gasteiger partial charge is 0.244 e. The summed E-state index contributed by atoms with van der Waals surface area (Å²) in [5.74, 6) is 0.689. The van der Waals surface area contributed by atoms with Crippen molar-refractivity contribution in [2.75, 3.05) is 23.9 Å². The number of carbonyl (C=O) groups excluding carboxylic acids is 1. The first-order valence-corrected chi connectivity index (χ1v) is 6.56. The molecule has 20 heavy (non-hydrogen) atoms. The number of amides is 1. The van der Waals surface area contributed by atoms with Crippen molar-refractivity contribution in [2.45, 2.75) is 0 Å². The van der Waals surface area contributed by atoms with Crippen molar-refractivity contribution in [3.8, 4) is 5.75 Å². The fraction of sp³-hybridized carbons (Fsp3) is 0.133. The number of carbonyl (C=O) groups is 1. The van der Waals surface area contributed by atoms with Crippen molar-refractivity contribution in [1.29, 1.82) is 0 Å². The minimum atomic E-state index is -0.0531.